The number of primary amides is 1. The number of nitrogens with two attached hydrogens (primary N) is 1. The monoisotopic (exact) mass is 349 g/mol. The van der Waals surface area contributed by atoms with E-state index in [9.17, 15) is 14.7 Å². The zero-order chi connectivity index (χ0) is 17.6. The van der Waals surface area contributed by atoms with Crippen molar-refractivity contribution in [2.45, 2.75) is 88.2 Å². The van der Waals surface area contributed by atoms with Crippen molar-refractivity contribution in [3.63, 3.8) is 0 Å². The number of aldehydes is 1. The first-order valence-corrected chi connectivity index (χ1v) is 10.1. The Labute approximate surface area is 149 Å². The van der Waals surface area contributed by atoms with E-state index in [0.29, 0.717) is 30.3 Å². The van der Waals surface area contributed by atoms with Crippen molar-refractivity contribution in [1.82, 2.24) is 9.80 Å². The summed E-state index contributed by atoms with van der Waals surface area (Å²) in [5, 5.41) is 10.9. The SMILES string of the molecule is NC(=O)C1CC2CCCC2N1C(O)CCN1C(C=O)CC2CCCC21. The predicted octanol–water partition coefficient (Wildman–Crippen LogP) is 0.865. The molecule has 25 heavy (non-hydrogen) atoms. The van der Waals surface area contributed by atoms with Crippen LogP contribution in [0.3, 0.4) is 0 Å². The molecular formula is C19H31N3O3. The van der Waals surface area contributed by atoms with E-state index in [0.717, 1.165) is 38.5 Å². The molecule has 3 N–H and O–H groups in total. The molecule has 2 aliphatic heterocycles. The number of hydrogen-bond donors (Lipinski definition) is 2. The highest BCUT2D eigenvalue weighted by molar-refractivity contribution is 5.80. The van der Waals surface area contributed by atoms with E-state index in [4.69, 9.17) is 5.73 Å². The van der Waals surface area contributed by atoms with Gasteiger partial charge in [0, 0.05) is 18.6 Å². The third-order valence-corrected chi connectivity index (χ3v) is 7.38. The summed E-state index contributed by atoms with van der Waals surface area (Å²) < 4.78 is 0. The van der Waals surface area contributed by atoms with Gasteiger partial charge in [0.2, 0.25) is 5.91 Å². The Morgan fingerprint density at radius 2 is 1.80 bits per heavy atom. The molecule has 2 aliphatic carbocycles. The highest BCUT2D eigenvalue weighted by Crippen LogP contribution is 2.43. The standard InChI is InChI=1S/C19H31N3O3/c20-19(25)17-10-13-4-2-6-16(13)22(17)18(24)7-8-21-14(11-23)9-12-3-1-5-15(12)21/h11-18,24H,1-10H2,(H2,20,25). The van der Waals surface area contributed by atoms with Crippen molar-refractivity contribution in [2.75, 3.05) is 6.54 Å². The number of hydrogen-bond acceptors (Lipinski definition) is 5. The molecule has 0 aromatic carbocycles. The molecule has 4 rings (SSSR count). The maximum atomic E-state index is 11.9. The summed E-state index contributed by atoms with van der Waals surface area (Å²) in [4.78, 5) is 27.6. The van der Waals surface area contributed by atoms with E-state index in [1.54, 1.807) is 0 Å². The first-order valence-electron chi connectivity index (χ1n) is 10.1. The van der Waals surface area contributed by atoms with Gasteiger partial charge in [0.05, 0.1) is 12.1 Å². The minimum Gasteiger partial charge on any atom is -0.378 e. The maximum Gasteiger partial charge on any atom is 0.234 e. The third-order valence-electron chi connectivity index (χ3n) is 7.38. The van der Waals surface area contributed by atoms with Crippen LogP contribution in [0.5, 0.6) is 0 Å². The maximum absolute atomic E-state index is 11.9. The zero-order valence-electron chi connectivity index (χ0n) is 14.9. The van der Waals surface area contributed by atoms with Gasteiger partial charge in [0.15, 0.2) is 0 Å². The first-order chi connectivity index (χ1) is 12.1. The normalized spacial score (nSPS) is 42.4. The van der Waals surface area contributed by atoms with E-state index in [1.807, 2.05) is 4.90 Å². The van der Waals surface area contributed by atoms with Crippen LogP contribution in [-0.4, -0.2) is 64.0 Å². The molecule has 0 bridgehead atoms. The molecule has 2 saturated carbocycles. The van der Waals surface area contributed by atoms with E-state index in [1.165, 1.54) is 25.7 Å². The minimum absolute atomic E-state index is 0.00671. The molecular weight excluding hydrogens is 318 g/mol. The topological polar surface area (TPSA) is 86.9 Å². The number of rotatable bonds is 6. The van der Waals surface area contributed by atoms with Gasteiger partial charge in [0.1, 0.15) is 12.5 Å². The number of amides is 1. The van der Waals surface area contributed by atoms with Gasteiger partial charge in [-0.05, 0) is 56.8 Å². The molecule has 0 spiro atoms. The lowest BCUT2D eigenvalue weighted by Gasteiger charge is -2.35. The fourth-order valence-electron chi connectivity index (χ4n) is 6.32. The smallest absolute Gasteiger partial charge is 0.234 e. The van der Waals surface area contributed by atoms with Crippen LogP contribution >= 0.6 is 0 Å². The van der Waals surface area contributed by atoms with Gasteiger partial charge in [-0.3, -0.25) is 14.6 Å². The summed E-state index contributed by atoms with van der Waals surface area (Å²) in [6.07, 6.45) is 9.81. The average Bonchev–Trinajstić information content (AvgIpc) is 3.31. The van der Waals surface area contributed by atoms with Crippen molar-refractivity contribution in [3.8, 4) is 0 Å². The van der Waals surface area contributed by atoms with Crippen LogP contribution in [0.2, 0.25) is 0 Å². The van der Waals surface area contributed by atoms with E-state index in [2.05, 4.69) is 4.90 Å². The average molecular weight is 349 g/mol. The summed E-state index contributed by atoms with van der Waals surface area (Å²) in [6, 6.07) is 0.483. The molecule has 4 aliphatic rings. The van der Waals surface area contributed by atoms with Crippen LogP contribution in [0, 0.1) is 11.8 Å². The van der Waals surface area contributed by atoms with Crippen LogP contribution in [0.25, 0.3) is 0 Å². The molecule has 2 saturated heterocycles. The summed E-state index contributed by atoms with van der Waals surface area (Å²) in [5.74, 6) is 0.842. The van der Waals surface area contributed by atoms with E-state index in [-0.39, 0.29) is 18.0 Å². The Kier molecular flexibility index (Phi) is 4.86. The Morgan fingerprint density at radius 1 is 1.12 bits per heavy atom. The van der Waals surface area contributed by atoms with Crippen LogP contribution < -0.4 is 5.73 Å². The largest absolute Gasteiger partial charge is 0.378 e. The number of aliphatic hydroxyl groups excluding tert-OH is 1. The van der Waals surface area contributed by atoms with Gasteiger partial charge in [0.25, 0.3) is 0 Å². The van der Waals surface area contributed by atoms with Gasteiger partial charge >= 0.3 is 0 Å². The van der Waals surface area contributed by atoms with Gasteiger partial charge < -0.3 is 15.6 Å². The lowest BCUT2D eigenvalue weighted by atomic mass is 10.0. The molecule has 2 heterocycles. The number of nitrogens with zero attached hydrogens (tertiary/aromatic N) is 2. The Balaban J connectivity index is 1.41. The fourth-order valence-corrected chi connectivity index (χ4v) is 6.32. The second-order valence-electron chi connectivity index (χ2n) is 8.56. The summed E-state index contributed by atoms with van der Waals surface area (Å²) >= 11 is 0. The van der Waals surface area contributed by atoms with Crippen LogP contribution in [0.4, 0.5) is 0 Å². The number of fused-ring (bicyclic) bond motifs is 2. The molecule has 6 nitrogen and oxygen atoms in total. The highest BCUT2D eigenvalue weighted by Gasteiger charge is 2.49. The quantitative estimate of drug-likeness (QED) is 0.695. The fraction of sp³-hybridized carbons (Fsp3) is 0.895. The number of carbonyl (C=O) groups is 2. The van der Waals surface area contributed by atoms with Crippen molar-refractivity contribution in [2.24, 2.45) is 17.6 Å². The minimum atomic E-state index is -0.640. The number of aliphatic hydroxyl groups is 1. The number of carbonyl (C=O) groups excluding carboxylic acids is 2. The molecule has 6 heteroatoms. The van der Waals surface area contributed by atoms with Crippen LogP contribution in [0.15, 0.2) is 0 Å². The van der Waals surface area contributed by atoms with Crippen molar-refractivity contribution in [1.29, 1.82) is 0 Å². The summed E-state index contributed by atoms with van der Waals surface area (Å²) in [6.45, 7) is 0.727. The predicted molar refractivity (Wildman–Crippen MR) is 93.5 cm³/mol. The van der Waals surface area contributed by atoms with Gasteiger partial charge in [-0.1, -0.05) is 12.8 Å². The second-order valence-corrected chi connectivity index (χ2v) is 8.56. The summed E-state index contributed by atoms with van der Waals surface area (Å²) in [5.41, 5.74) is 5.61. The van der Waals surface area contributed by atoms with E-state index < -0.39 is 6.23 Å². The van der Waals surface area contributed by atoms with E-state index >= 15 is 0 Å². The Hall–Kier alpha value is -0.980. The molecule has 140 valence electrons. The molecule has 1 amide bonds. The van der Waals surface area contributed by atoms with Crippen molar-refractivity contribution >= 4 is 12.2 Å². The van der Waals surface area contributed by atoms with Gasteiger partial charge in [-0.15, -0.1) is 0 Å². The summed E-state index contributed by atoms with van der Waals surface area (Å²) in [7, 11) is 0. The first kappa shape index (κ1) is 17.4. The Bertz CT molecular complexity index is 528. The van der Waals surface area contributed by atoms with Gasteiger partial charge in [-0.2, -0.15) is 0 Å². The molecule has 7 unspecified atom stereocenters. The Morgan fingerprint density at radius 3 is 2.48 bits per heavy atom. The number of likely N-dealkylation sites (tertiary alicyclic amines) is 2. The van der Waals surface area contributed by atoms with Crippen molar-refractivity contribution in [3.05, 3.63) is 0 Å². The highest BCUT2D eigenvalue weighted by atomic mass is 16.3. The zero-order valence-corrected chi connectivity index (χ0v) is 14.9. The van der Waals surface area contributed by atoms with Crippen molar-refractivity contribution < 1.29 is 14.7 Å². The lowest BCUT2D eigenvalue weighted by molar-refractivity contribution is -0.128. The van der Waals surface area contributed by atoms with Crippen LogP contribution in [0.1, 0.15) is 57.8 Å². The third kappa shape index (κ3) is 3.02. The van der Waals surface area contributed by atoms with Gasteiger partial charge in [-0.25, -0.2) is 0 Å². The molecule has 0 radical (unpaired) electrons. The lowest BCUT2D eigenvalue weighted by Crippen LogP contribution is -2.51. The van der Waals surface area contributed by atoms with Crippen LogP contribution in [-0.2, 0) is 9.59 Å². The molecule has 0 aromatic heterocycles. The second kappa shape index (κ2) is 6.97. The molecule has 7 atom stereocenters. The molecule has 0 aromatic rings. The molecule has 4 fully saturated rings.